The van der Waals surface area contributed by atoms with E-state index in [-0.39, 0.29) is 23.9 Å². The first kappa shape index (κ1) is 14.5. The van der Waals surface area contributed by atoms with Crippen molar-refractivity contribution in [2.75, 3.05) is 11.9 Å². The molecule has 1 saturated heterocycles. The van der Waals surface area contributed by atoms with Gasteiger partial charge in [-0.2, -0.15) is 0 Å². The zero-order valence-corrected chi connectivity index (χ0v) is 11.4. The monoisotopic (exact) mass is 301 g/mol. The van der Waals surface area contributed by atoms with E-state index in [1.165, 1.54) is 19.1 Å². The quantitative estimate of drug-likeness (QED) is 0.820. The zero-order valence-electron chi connectivity index (χ0n) is 10.6. The van der Waals surface area contributed by atoms with Gasteiger partial charge in [0.15, 0.2) is 0 Å². The summed E-state index contributed by atoms with van der Waals surface area (Å²) >= 11 is 5.69. The predicted molar refractivity (Wildman–Crippen MR) is 70.5 cm³/mol. The second-order valence-corrected chi connectivity index (χ2v) is 5.27. The Labute approximate surface area is 119 Å². The molecule has 2 heterocycles. The number of amides is 2. The van der Waals surface area contributed by atoms with Gasteiger partial charge >= 0.3 is 6.09 Å². The van der Waals surface area contributed by atoms with Crippen molar-refractivity contribution in [3.05, 3.63) is 23.4 Å². The number of carbonyl (C=O) groups is 2. The molecule has 0 aromatic carbocycles. The van der Waals surface area contributed by atoms with E-state index in [0.717, 1.165) is 4.90 Å². The molecule has 0 saturated carbocycles. The molecular formula is C12H13ClFN3O3. The average Bonchev–Trinajstić information content (AvgIpc) is 2.66. The van der Waals surface area contributed by atoms with Crippen LogP contribution in [-0.2, 0) is 4.79 Å². The number of anilines is 1. The molecular weight excluding hydrogens is 289 g/mol. The molecule has 1 fully saturated rings. The van der Waals surface area contributed by atoms with Gasteiger partial charge < -0.3 is 10.4 Å². The first-order valence-electron chi connectivity index (χ1n) is 5.90. The number of nitrogens with one attached hydrogen (secondary N) is 1. The van der Waals surface area contributed by atoms with Gasteiger partial charge in [0.1, 0.15) is 22.7 Å². The summed E-state index contributed by atoms with van der Waals surface area (Å²) in [6, 6.07) is 3.56. The Morgan fingerprint density at radius 2 is 2.30 bits per heavy atom. The van der Waals surface area contributed by atoms with Crippen LogP contribution in [-0.4, -0.2) is 45.2 Å². The molecule has 2 rings (SSSR count). The highest BCUT2D eigenvalue weighted by Crippen LogP contribution is 2.30. The van der Waals surface area contributed by atoms with Crippen LogP contribution in [0.25, 0.3) is 0 Å². The molecule has 0 spiro atoms. The van der Waals surface area contributed by atoms with Crippen LogP contribution in [0.15, 0.2) is 18.2 Å². The number of pyridine rings is 1. The highest BCUT2D eigenvalue weighted by Gasteiger charge is 2.46. The molecule has 1 aromatic heterocycles. The Balaban J connectivity index is 2.13. The molecule has 108 valence electrons. The Morgan fingerprint density at radius 1 is 1.60 bits per heavy atom. The summed E-state index contributed by atoms with van der Waals surface area (Å²) in [7, 11) is 0. The molecule has 0 radical (unpaired) electrons. The highest BCUT2D eigenvalue weighted by molar-refractivity contribution is 6.29. The second-order valence-electron chi connectivity index (χ2n) is 4.88. The van der Waals surface area contributed by atoms with Gasteiger partial charge in [0.05, 0.1) is 6.54 Å². The third kappa shape index (κ3) is 3.16. The van der Waals surface area contributed by atoms with E-state index in [1.807, 2.05) is 0 Å². The Hall–Kier alpha value is -1.89. The van der Waals surface area contributed by atoms with Crippen molar-refractivity contribution in [2.45, 2.75) is 25.1 Å². The summed E-state index contributed by atoms with van der Waals surface area (Å²) in [4.78, 5) is 27.8. The van der Waals surface area contributed by atoms with Crippen LogP contribution >= 0.6 is 11.6 Å². The molecule has 1 unspecified atom stereocenters. The fourth-order valence-corrected chi connectivity index (χ4v) is 2.33. The van der Waals surface area contributed by atoms with Crippen molar-refractivity contribution < 1.29 is 19.1 Å². The molecule has 2 amide bonds. The number of rotatable bonds is 2. The third-order valence-corrected chi connectivity index (χ3v) is 3.22. The fourth-order valence-electron chi connectivity index (χ4n) is 2.17. The predicted octanol–water partition coefficient (Wildman–Crippen LogP) is 2.15. The minimum Gasteiger partial charge on any atom is -0.465 e. The first-order valence-corrected chi connectivity index (χ1v) is 6.28. The fraction of sp³-hybridized carbons (Fsp3) is 0.417. The lowest BCUT2D eigenvalue weighted by Crippen LogP contribution is -2.42. The Bertz CT molecular complexity index is 553. The lowest BCUT2D eigenvalue weighted by molar-refractivity contribution is -0.120. The molecule has 0 bridgehead atoms. The summed E-state index contributed by atoms with van der Waals surface area (Å²) in [5.41, 5.74) is -1.72. The minimum atomic E-state index is -1.72. The lowest BCUT2D eigenvalue weighted by Gasteiger charge is -2.19. The van der Waals surface area contributed by atoms with E-state index < -0.39 is 23.7 Å². The van der Waals surface area contributed by atoms with Gasteiger partial charge in [0, 0.05) is 6.42 Å². The number of hydrogen-bond acceptors (Lipinski definition) is 3. The number of carbonyl (C=O) groups excluding carboxylic acids is 1. The molecule has 1 aromatic rings. The maximum Gasteiger partial charge on any atom is 0.408 e. The zero-order chi connectivity index (χ0) is 14.9. The maximum absolute atomic E-state index is 13.9. The molecule has 1 aliphatic heterocycles. The van der Waals surface area contributed by atoms with Gasteiger partial charge in [0.25, 0.3) is 0 Å². The third-order valence-electron chi connectivity index (χ3n) is 3.01. The van der Waals surface area contributed by atoms with Gasteiger partial charge in [0.2, 0.25) is 5.91 Å². The Kier molecular flexibility index (Phi) is 3.80. The standard InChI is InChI=1S/C12H13ClFN3O3/c1-12(14)5-7(17(6-12)11(19)20)10(18)16-9-4-2-3-8(13)15-9/h2-4,7H,5-6H2,1H3,(H,19,20)(H,15,16,18)/t7-,12?/m1/s1. The van der Waals surface area contributed by atoms with Crippen LogP contribution < -0.4 is 5.32 Å². The molecule has 8 heteroatoms. The smallest absolute Gasteiger partial charge is 0.408 e. The van der Waals surface area contributed by atoms with Gasteiger partial charge in [-0.3, -0.25) is 9.69 Å². The molecule has 6 nitrogen and oxygen atoms in total. The molecule has 2 N–H and O–H groups in total. The topological polar surface area (TPSA) is 82.5 Å². The summed E-state index contributed by atoms with van der Waals surface area (Å²) < 4.78 is 13.9. The number of alkyl halides is 1. The summed E-state index contributed by atoms with van der Waals surface area (Å²) in [5, 5.41) is 11.7. The Morgan fingerprint density at radius 3 is 2.90 bits per heavy atom. The summed E-state index contributed by atoms with van der Waals surface area (Å²) in [6.45, 7) is 0.942. The number of hydrogen-bond donors (Lipinski definition) is 2. The van der Waals surface area contributed by atoms with Crippen LogP contribution in [0.3, 0.4) is 0 Å². The summed E-state index contributed by atoms with van der Waals surface area (Å²) in [5.74, 6) is -0.427. The number of halogens is 2. The second kappa shape index (κ2) is 5.24. The first-order chi connectivity index (χ1) is 9.28. The van der Waals surface area contributed by atoms with Crippen LogP contribution in [0.2, 0.25) is 5.15 Å². The average molecular weight is 302 g/mol. The van der Waals surface area contributed by atoms with E-state index in [2.05, 4.69) is 10.3 Å². The summed E-state index contributed by atoms with van der Waals surface area (Å²) in [6.07, 6.45) is -1.52. The van der Waals surface area contributed by atoms with E-state index in [4.69, 9.17) is 16.7 Å². The van der Waals surface area contributed by atoms with Gasteiger partial charge in [-0.15, -0.1) is 0 Å². The number of carboxylic acid groups (broad SMARTS) is 1. The van der Waals surface area contributed by atoms with Crippen molar-refractivity contribution in [2.24, 2.45) is 0 Å². The minimum absolute atomic E-state index is 0.189. The lowest BCUT2D eigenvalue weighted by atomic mass is 10.0. The number of nitrogens with zero attached hydrogens (tertiary/aromatic N) is 2. The van der Waals surface area contributed by atoms with E-state index in [0.29, 0.717) is 0 Å². The van der Waals surface area contributed by atoms with Crippen molar-refractivity contribution >= 4 is 29.4 Å². The van der Waals surface area contributed by atoms with E-state index >= 15 is 0 Å². The highest BCUT2D eigenvalue weighted by atomic mass is 35.5. The van der Waals surface area contributed by atoms with Gasteiger partial charge in [-0.25, -0.2) is 14.2 Å². The van der Waals surface area contributed by atoms with E-state index in [9.17, 15) is 14.0 Å². The number of likely N-dealkylation sites (tertiary alicyclic amines) is 1. The molecule has 1 aliphatic rings. The van der Waals surface area contributed by atoms with Crippen molar-refractivity contribution in [3.63, 3.8) is 0 Å². The van der Waals surface area contributed by atoms with Crippen LogP contribution in [0, 0.1) is 0 Å². The van der Waals surface area contributed by atoms with Crippen LogP contribution in [0.1, 0.15) is 13.3 Å². The van der Waals surface area contributed by atoms with E-state index in [1.54, 1.807) is 6.07 Å². The van der Waals surface area contributed by atoms with Crippen molar-refractivity contribution in [1.82, 2.24) is 9.88 Å². The van der Waals surface area contributed by atoms with Gasteiger partial charge in [-0.1, -0.05) is 17.7 Å². The molecule has 0 aliphatic carbocycles. The van der Waals surface area contributed by atoms with Crippen molar-refractivity contribution in [3.8, 4) is 0 Å². The maximum atomic E-state index is 13.9. The molecule has 20 heavy (non-hydrogen) atoms. The van der Waals surface area contributed by atoms with Crippen LogP contribution in [0.4, 0.5) is 15.0 Å². The SMILES string of the molecule is CC1(F)C[C@H](C(=O)Nc2cccc(Cl)n2)N(C(=O)O)C1. The van der Waals surface area contributed by atoms with Crippen molar-refractivity contribution in [1.29, 1.82) is 0 Å². The largest absolute Gasteiger partial charge is 0.465 e. The normalized spacial score (nSPS) is 25.6. The number of aromatic nitrogens is 1. The van der Waals surface area contributed by atoms with Crippen LogP contribution in [0.5, 0.6) is 0 Å². The molecule has 2 atom stereocenters. The van der Waals surface area contributed by atoms with Gasteiger partial charge in [-0.05, 0) is 19.1 Å².